The standard InChI is InChI=1S/C15H15N3/c1-11(12-6-8-14(16)9-7-12)18-15-5-3-2-4-13(15)10-17-18/h2-11H,16H2,1H3. The highest BCUT2D eigenvalue weighted by Crippen LogP contribution is 2.23. The van der Waals surface area contributed by atoms with Crippen molar-refractivity contribution in [2.75, 3.05) is 5.73 Å². The van der Waals surface area contributed by atoms with E-state index in [2.05, 4.69) is 36.3 Å². The molecule has 2 aromatic carbocycles. The SMILES string of the molecule is CC(c1ccc(N)cc1)n1ncc2ccccc21. The lowest BCUT2D eigenvalue weighted by atomic mass is 10.1. The third-order valence-electron chi connectivity index (χ3n) is 3.29. The lowest BCUT2D eigenvalue weighted by Gasteiger charge is -2.14. The highest BCUT2D eigenvalue weighted by molar-refractivity contribution is 5.78. The molecule has 1 atom stereocenters. The van der Waals surface area contributed by atoms with Gasteiger partial charge in [-0.25, -0.2) is 0 Å². The highest BCUT2D eigenvalue weighted by Gasteiger charge is 2.11. The number of hydrogen-bond donors (Lipinski definition) is 1. The molecule has 0 saturated carbocycles. The van der Waals surface area contributed by atoms with Gasteiger partial charge < -0.3 is 5.73 Å². The molecule has 0 fully saturated rings. The zero-order chi connectivity index (χ0) is 12.5. The number of nitrogens with zero attached hydrogens (tertiary/aromatic N) is 2. The maximum atomic E-state index is 5.71. The van der Waals surface area contributed by atoms with E-state index in [4.69, 9.17) is 5.73 Å². The molecule has 0 spiro atoms. The lowest BCUT2D eigenvalue weighted by Crippen LogP contribution is -2.08. The van der Waals surface area contributed by atoms with Crippen molar-refractivity contribution in [3.05, 3.63) is 60.3 Å². The minimum Gasteiger partial charge on any atom is -0.399 e. The Morgan fingerprint density at radius 3 is 2.56 bits per heavy atom. The minimum absolute atomic E-state index is 0.200. The van der Waals surface area contributed by atoms with Crippen molar-refractivity contribution in [1.82, 2.24) is 9.78 Å². The van der Waals surface area contributed by atoms with Gasteiger partial charge in [-0.2, -0.15) is 5.10 Å². The fourth-order valence-corrected chi connectivity index (χ4v) is 2.22. The van der Waals surface area contributed by atoms with Crippen LogP contribution in [0.5, 0.6) is 0 Å². The van der Waals surface area contributed by atoms with Crippen LogP contribution in [0, 0.1) is 0 Å². The van der Waals surface area contributed by atoms with Crippen LogP contribution >= 0.6 is 0 Å². The van der Waals surface area contributed by atoms with Gasteiger partial charge in [-0.05, 0) is 30.7 Å². The first kappa shape index (κ1) is 10.8. The summed E-state index contributed by atoms with van der Waals surface area (Å²) in [6, 6.07) is 16.4. The molecule has 0 bridgehead atoms. The third kappa shape index (κ3) is 1.74. The van der Waals surface area contributed by atoms with E-state index in [1.165, 1.54) is 10.9 Å². The van der Waals surface area contributed by atoms with Crippen molar-refractivity contribution >= 4 is 16.6 Å². The Bertz CT molecular complexity index is 668. The molecular weight excluding hydrogens is 222 g/mol. The summed E-state index contributed by atoms with van der Waals surface area (Å²) in [6.07, 6.45) is 1.91. The van der Waals surface area contributed by atoms with E-state index in [9.17, 15) is 0 Å². The molecule has 1 unspecified atom stereocenters. The van der Waals surface area contributed by atoms with Crippen molar-refractivity contribution < 1.29 is 0 Å². The first-order valence-corrected chi connectivity index (χ1v) is 6.03. The van der Waals surface area contributed by atoms with Gasteiger partial charge in [0.2, 0.25) is 0 Å². The van der Waals surface area contributed by atoms with Crippen LogP contribution < -0.4 is 5.73 Å². The van der Waals surface area contributed by atoms with Gasteiger partial charge in [0.1, 0.15) is 0 Å². The van der Waals surface area contributed by atoms with Crippen molar-refractivity contribution in [3.8, 4) is 0 Å². The maximum Gasteiger partial charge on any atom is 0.0747 e. The smallest absolute Gasteiger partial charge is 0.0747 e. The molecule has 0 amide bonds. The summed E-state index contributed by atoms with van der Waals surface area (Å²) < 4.78 is 2.04. The molecule has 0 aliphatic carbocycles. The van der Waals surface area contributed by atoms with Crippen LogP contribution in [0.25, 0.3) is 10.9 Å². The molecule has 0 saturated heterocycles. The molecule has 0 aliphatic heterocycles. The number of aromatic nitrogens is 2. The number of hydrogen-bond acceptors (Lipinski definition) is 2. The number of benzene rings is 2. The molecule has 3 aromatic rings. The van der Waals surface area contributed by atoms with Gasteiger partial charge in [-0.3, -0.25) is 4.68 Å². The second kappa shape index (κ2) is 4.18. The van der Waals surface area contributed by atoms with Crippen LogP contribution in [0.1, 0.15) is 18.5 Å². The summed E-state index contributed by atoms with van der Waals surface area (Å²) in [4.78, 5) is 0. The fourth-order valence-electron chi connectivity index (χ4n) is 2.22. The van der Waals surface area contributed by atoms with Crippen molar-refractivity contribution in [2.45, 2.75) is 13.0 Å². The number of fused-ring (bicyclic) bond motifs is 1. The van der Waals surface area contributed by atoms with E-state index in [1.807, 2.05) is 35.1 Å². The predicted molar refractivity (Wildman–Crippen MR) is 74.4 cm³/mol. The van der Waals surface area contributed by atoms with Gasteiger partial charge >= 0.3 is 0 Å². The summed E-state index contributed by atoms with van der Waals surface area (Å²) in [6.45, 7) is 2.14. The quantitative estimate of drug-likeness (QED) is 0.695. The summed E-state index contributed by atoms with van der Waals surface area (Å²) in [5.41, 5.74) is 8.86. The summed E-state index contributed by atoms with van der Waals surface area (Å²) >= 11 is 0. The fraction of sp³-hybridized carbons (Fsp3) is 0.133. The second-order valence-corrected chi connectivity index (χ2v) is 4.49. The average molecular weight is 237 g/mol. The van der Waals surface area contributed by atoms with Crippen molar-refractivity contribution in [1.29, 1.82) is 0 Å². The van der Waals surface area contributed by atoms with E-state index < -0.39 is 0 Å². The van der Waals surface area contributed by atoms with E-state index in [0.29, 0.717) is 0 Å². The lowest BCUT2D eigenvalue weighted by molar-refractivity contribution is 0.584. The Labute approximate surface area is 106 Å². The molecule has 3 nitrogen and oxygen atoms in total. The normalized spacial score (nSPS) is 12.7. The van der Waals surface area contributed by atoms with E-state index >= 15 is 0 Å². The Morgan fingerprint density at radius 1 is 1.06 bits per heavy atom. The largest absolute Gasteiger partial charge is 0.399 e. The Hall–Kier alpha value is -2.29. The Morgan fingerprint density at radius 2 is 1.78 bits per heavy atom. The number of rotatable bonds is 2. The molecule has 90 valence electrons. The molecule has 3 heteroatoms. The molecule has 2 N–H and O–H groups in total. The Kier molecular flexibility index (Phi) is 2.52. The number of para-hydroxylation sites is 1. The number of anilines is 1. The highest BCUT2D eigenvalue weighted by atomic mass is 15.3. The van der Waals surface area contributed by atoms with Crippen LogP contribution in [-0.2, 0) is 0 Å². The molecule has 18 heavy (non-hydrogen) atoms. The Balaban J connectivity index is 2.06. The zero-order valence-electron chi connectivity index (χ0n) is 10.2. The van der Waals surface area contributed by atoms with Crippen molar-refractivity contribution in [2.24, 2.45) is 0 Å². The van der Waals surface area contributed by atoms with Crippen LogP contribution in [0.2, 0.25) is 0 Å². The molecule has 0 radical (unpaired) electrons. The van der Waals surface area contributed by atoms with Gasteiger partial charge in [-0.15, -0.1) is 0 Å². The number of nitrogens with two attached hydrogens (primary N) is 1. The molecule has 1 aromatic heterocycles. The van der Waals surface area contributed by atoms with Gasteiger partial charge in [0.25, 0.3) is 0 Å². The van der Waals surface area contributed by atoms with Crippen molar-refractivity contribution in [3.63, 3.8) is 0 Å². The van der Waals surface area contributed by atoms with Crippen LogP contribution in [-0.4, -0.2) is 9.78 Å². The van der Waals surface area contributed by atoms with E-state index in [0.717, 1.165) is 11.2 Å². The van der Waals surface area contributed by atoms with Crippen LogP contribution in [0.15, 0.2) is 54.7 Å². The summed E-state index contributed by atoms with van der Waals surface area (Å²) in [5.74, 6) is 0. The zero-order valence-corrected chi connectivity index (χ0v) is 10.2. The van der Waals surface area contributed by atoms with Gasteiger partial charge in [0.15, 0.2) is 0 Å². The molecule has 0 aliphatic rings. The topological polar surface area (TPSA) is 43.8 Å². The third-order valence-corrected chi connectivity index (χ3v) is 3.29. The van der Waals surface area contributed by atoms with Gasteiger partial charge in [0, 0.05) is 11.1 Å². The first-order valence-electron chi connectivity index (χ1n) is 6.03. The molecular formula is C15H15N3. The second-order valence-electron chi connectivity index (χ2n) is 4.49. The van der Waals surface area contributed by atoms with Crippen LogP contribution in [0.3, 0.4) is 0 Å². The first-order chi connectivity index (χ1) is 8.75. The van der Waals surface area contributed by atoms with Gasteiger partial charge in [0.05, 0.1) is 17.8 Å². The summed E-state index contributed by atoms with van der Waals surface area (Å²) in [7, 11) is 0. The number of nitrogen functional groups attached to an aromatic ring is 1. The maximum absolute atomic E-state index is 5.71. The van der Waals surface area contributed by atoms with Crippen LogP contribution in [0.4, 0.5) is 5.69 Å². The van der Waals surface area contributed by atoms with E-state index in [-0.39, 0.29) is 6.04 Å². The summed E-state index contributed by atoms with van der Waals surface area (Å²) in [5, 5.41) is 5.65. The monoisotopic (exact) mass is 237 g/mol. The minimum atomic E-state index is 0.200. The predicted octanol–water partition coefficient (Wildman–Crippen LogP) is 3.23. The molecule has 3 rings (SSSR count). The molecule has 1 heterocycles. The van der Waals surface area contributed by atoms with Gasteiger partial charge in [-0.1, -0.05) is 30.3 Å². The average Bonchev–Trinajstić information content (AvgIpc) is 2.82. The van der Waals surface area contributed by atoms with E-state index in [1.54, 1.807) is 0 Å².